The fourth-order valence-corrected chi connectivity index (χ4v) is 12.1. The van der Waals surface area contributed by atoms with Gasteiger partial charge in [0, 0.05) is 38.4 Å². The summed E-state index contributed by atoms with van der Waals surface area (Å²) in [5, 5.41) is 21.8. The van der Waals surface area contributed by atoms with Crippen LogP contribution in [0.3, 0.4) is 0 Å². The van der Waals surface area contributed by atoms with E-state index in [0.29, 0.717) is 5.95 Å². The standard InChI is InChI=1S/C64H37N5/c1-5-21-42-38(17-1)40-19-3-7-23-44(40)52-35-60-54(33-50(42)52)55-34-51-43-22-6-2-18-39(43)41-20-4-8-24-45(41)53(51)36-61(55)69(60)64-65-62(67-56-29-13-9-25-46(56)47-26-10-14-30-57(47)67)37-63(66-64)68-58-31-15-11-27-48(58)49-28-12-16-32-59(49)68/h1-37H. The van der Waals surface area contributed by atoms with Gasteiger partial charge in [-0.25, -0.2) is 0 Å². The van der Waals surface area contributed by atoms with Gasteiger partial charge in [0.25, 0.3) is 0 Å². The molecule has 0 bridgehead atoms. The Morgan fingerprint density at radius 1 is 0.188 bits per heavy atom. The third-order valence-electron chi connectivity index (χ3n) is 15.0. The van der Waals surface area contributed by atoms with Gasteiger partial charge in [0.1, 0.15) is 11.6 Å². The second kappa shape index (κ2) is 13.6. The van der Waals surface area contributed by atoms with E-state index in [1.54, 1.807) is 0 Å². The maximum Gasteiger partial charge on any atom is 0.238 e. The van der Waals surface area contributed by atoms with Gasteiger partial charge in [-0.3, -0.25) is 13.7 Å². The Hall–Kier alpha value is -9.32. The summed E-state index contributed by atoms with van der Waals surface area (Å²) in [5.41, 5.74) is 6.46. The molecule has 4 aromatic heterocycles. The first-order valence-corrected chi connectivity index (χ1v) is 23.7. The van der Waals surface area contributed by atoms with Crippen molar-refractivity contribution in [3.05, 3.63) is 224 Å². The molecular weight excluding hydrogens is 839 g/mol. The van der Waals surface area contributed by atoms with Crippen LogP contribution in [0, 0.1) is 0 Å². The second-order valence-corrected chi connectivity index (χ2v) is 18.5. The van der Waals surface area contributed by atoms with Crippen LogP contribution in [-0.2, 0) is 0 Å². The molecule has 0 atom stereocenters. The molecule has 0 saturated carbocycles. The molecule has 5 nitrogen and oxygen atoms in total. The molecule has 12 aromatic carbocycles. The number of benzene rings is 12. The van der Waals surface area contributed by atoms with Crippen molar-refractivity contribution in [2.45, 2.75) is 0 Å². The van der Waals surface area contributed by atoms with Crippen LogP contribution in [0.2, 0.25) is 0 Å². The third kappa shape index (κ3) is 4.97. The summed E-state index contributed by atoms with van der Waals surface area (Å²) in [6.45, 7) is 0. The van der Waals surface area contributed by atoms with Crippen molar-refractivity contribution in [3.8, 4) is 17.6 Å². The Morgan fingerprint density at radius 3 is 0.739 bits per heavy atom. The summed E-state index contributed by atoms with van der Waals surface area (Å²) in [5.74, 6) is 2.18. The van der Waals surface area contributed by atoms with Gasteiger partial charge < -0.3 is 0 Å². The molecule has 16 rings (SSSR count). The van der Waals surface area contributed by atoms with Crippen LogP contribution >= 0.6 is 0 Å². The highest BCUT2D eigenvalue weighted by Gasteiger charge is 2.24. The lowest BCUT2D eigenvalue weighted by Gasteiger charge is -2.16. The van der Waals surface area contributed by atoms with Crippen LogP contribution in [-0.4, -0.2) is 23.7 Å². The fourth-order valence-electron chi connectivity index (χ4n) is 12.1. The molecule has 5 heteroatoms. The lowest BCUT2D eigenvalue weighted by molar-refractivity contribution is 0.919. The smallest absolute Gasteiger partial charge is 0.238 e. The van der Waals surface area contributed by atoms with E-state index < -0.39 is 0 Å². The van der Waals surface area contributed by atoms with E-state index in [2.05, 4.69) is 238 Å². The third-order valence-corrected chi connectivity index (χ3v) is 15.0. The maximum absolute atomic E-state index is 5.78. The van der Waals surface area contributed by atoms with Crippen molar-refractivity contribution in [1.29, 1.82) is 0 Å². The van der Waals surface area contributed by atoms with Gasteiger partial charge >= 0.3 is 0 Å². The predicted molar refractivity (Wildman–Crippen MR) is 290 cm³/mol. The molecule has 0 spiro atoms. The van der Waals surface area contributed by atoms with Gasteiger partial charge in [-0.2, -0.15) is 9.97 Å². The molecule has 0 aliphatic heterocycles. The minimum Gasteiger partial charge on any atom is -0.294 e. The van der Waals surface area contributed by atoms with Gasteiger partial charge in [-0.15, -0.1) is 0 Å². The van der Waals surface area contributed by atoms with E-state index in [-0.39, 0.29) is 0 Å². The van der Waals surface area contributed by atoms with Crippen LogP contribution in [0.25, 0.3) is 148 Å². The zero-order valence-corrected chi connectivity index (χ0v) is 37.1. The Kier molecular flexibility index (Phi) is 7.28. The van der Waals surface area contributed by atoms with E-state index in [0.717, 1.165) is 55.5 Å². The highest BCUT2D eigenvalue weighted by molar-refractivity contribution is 6.32. The van der Waals surface area contributed by atoms with E-state index >= 15 is 0 Å². The quantitative estimate of drug-likeness (QED) is 0.166. The van der Waals surface area contributed by atoms with Crippen LogP contribution in [0.5, 0.6) is 0 Å². The molecule has 0 N–H and O–H groups in total. The first-order chi connectivity index (χ1) is 34.2. The number of hydrogen-bond donors (Lipinski definition) is 0. The number of hydrogen-bond acceptors (Lipinski definition) is 2. The van der Waals surface area contributed by atoms with E-state index in [1.807, 2.05) is 0 Å². The van der Waals surface area contributed by atoms with E-state index in [4.69, 9.17) is 9.97 Å². The molecule has 16 aromatic rings. The van der Waals surface area contributed by atoms with Crippen molar-refractivity contribution < 1.29 is 0 Å². The SMILES string of the molecule is c1ccc2c(c1)c1ccccc1c1cc3c(cc21)c1cc2c4ccccc4c4ccccc4c2cc1n3-c1nc(-n2c3ccccc3c3ccccc32)cc(-n2c3ccccc3c3ccccc32)n1. The van der Waals surface area contributed by atoms with Crippen molar-refractivity contribution in [1.82, 2.24) is 23.7 Å². The zero-order chi connectivity index (χ0) is 44.9. The number of aromatic nitrogens is 5. The van der Waals surface area contributed by atoms with Crippen LogP contribution in [0.4, 0.5) is 0 Å². The molecule has 69 heavy (non-hydrogen) atoms. The molecule has 0 aliphatic carbocycles. The molecule has 0 amide bonds. The van der Waals surface area contributed by atoms with Gasteiger partial charge in [-0.05, 0) is 113 Å². The maximum atomic E-state index is 5.78. The van der Waals surface area contributed by atoms with Gasteiger partial charge in [0.15, 0.2) is 0 Å². The number of nitrogens with zero attached hydrogens (tertiary/aromatic N) is 5. The Balaban J connectivity index is 1.13. The van der Waals surface area contributed by atoms with Gasteiger partial charge in [-0.1, -0.05) is 170 Å². The molecule has 0 aliphatic rings. The molecule has 0 unspecified atom stereocenters. The lowest BCUT2D eigenvalue weighted by atomic mass is 9.92. The summed E-state index contributed by atoms with van der Waals surface area (Å²) < 4.78 is 7.00. The number of rotatable bonds is 3. The van der Waals surface area contributed by atoms with Crippen molar-refractivity contribution in [2.75, 3.05) is 0 Å². The normalized spacial score (nSPS) is 12.3. The first-order valence-electron chi connectivity index (χ1n) is 23.7. The lowest BCUT2D eigenvalue weighted by Crippen LogP contribution is -2.10. The van der Waals surface area contributed by atoms with E-state index in [9.17, 15) is 0 Å². The highest BCUT2D eigenvalue weighted by atomic mass is 15.2. The largest absolute Gasteiger partial charge is 0.294 e. The Bertz CT molecular complexity index is 4500. The number of para-hydroxylation sites is 4. The highest BCUT2D eigenvalue weighted by Crippen LogP contribution is 2.45. The van der Waals surface area contributed by atoms with Crippen molar-refractivity contribution >= 4 is 130 Å². The first kappa shape index (κ1) is 36.8. The molecular formula is C64H37N5. The molecule has 0 radical (unpaired) electrons. The minimum absolute atomic E-state index is 0.597. The van der Waals surface area contributed by atoms with Crippen LogP contribution in [0.15, 0.2) is 224 Å². The molecule has 318 valence electrons. The van der Waals surface area contributed by atoms with Crippen LogP contribution in [0.1, 0.15) is 0 Å². The zero-order valence-electron chi connectivity index (χ0n) is 37.1. The Labute approximate surface area is 393 Å². The summed E-state index contributed by atoms with van der Waals surface area (Å²) in [4.78, 5) is 11.6. The van der Waals surface area contributed by atoms with Crippen molar-refractivity contribution in [2.24, 2.45) is 0 Å². The number of fused-ring (bicyclic) bond motifs is 21. The van der Waals surface area contributed by atoms with Crippen molar-refractivity contribution in [3.63, 3.8) is 0 Å². The predicted octanol–water partition coefficient (Wildman–Crippen LogP) is 16.7. The van der Waals surface area contributed by atoms with E-state index in [1.165, 1.54) is 86.2 Å². The molecule has 4 heterocycles. The molecule has 0 fully saturated rings. The van der Waals surface area contributed by atoms with Gasteiger partial charge in [0.2, 0.25) is 5.95 Å². The van der Waals surface area contributed by atoms with Crippen LogP contribution < -0.4 is 0 Å². The second-order valence-electron chi connectivity index (χ2n) is 18.5. The average molecular weight is 876 g/mol. The topological polar surface area (TPSA) is 40.6 Å². The summed E-state index contributed by atoms with van der Waals surface area (Å²) in [6, 6.07) is 82.0. The summed E-state index contributed by atoms with van der Waals surface area (Å²) in [6.07, 6.45) is 0. The molecule has 0 saturated heterocycles. The Morgan fingerprint density at radius 2 is 0.435 bits per heavy atom. The minimum atomic E-state index is 0.597. The summed E-state index contributed by atoms with van der Waals surface area (Å²) in [7, 11) is 0. The fraction of sp³-hybridized carbons (Fsp3) is 0. The average Bonchev–Trinajstić information content (AvgIpc) is 4.05. The van der Waals surface area contributed by atoms with Gasteiger partial charge in [0.05, 0.1) is 33.1 Å². The summed E-state index contributed by atoms with van der Waals surface area (Å²) >= 11 is 0. The monoisotopic (exact) mass is 875 g/mol.